The predicted octanol–water partition coefficient (Wildman–Crippen LogP) is 1.46. The first kappa shape index (κ1) is 13.9. The van der Waals surface area contributed by atoms with Gasteiger partial charge in [0.25, 0.3) is 0 Å². The summed E-state index contributed by atoms with van der Waals surface area (Å²) < 4.78 is 40.7. The summed E-state index contributed by atoms with van der Waals surface area (Å²) >= 11 is 0. The largest absolute Gasteiger partial charge is 0.372 e. The van der Waals surface area contributed by atoms with Gasteiger partial charge in [0.05, 0.1) is 31.5 Å². The van der Waals surface area contributed by atoms with Crippen LogP contribution in [0.2, 0.25) is 0 Å². The number of halogens is 1. The molecule has 0 aromatic heterocycles. The van der Waals surface area contributed by atoms with E-state index < -0.39 is 19.7 Å². The number of ether oxygens (including phenoxy) is 1. The summed E-state index contributed by atoms with van der Waals surface area (Å²) in [6.07, 6.45) is 0.862. The van der Waals surface area contributed by atoms with Gasteiger partial charge in [-0.3, -0.25) is 4.57 Å². The Balaban J connectivity index is 2.60. The van der Waals surface area contributed by atoms with Crippen molar-refractivity contribution >= 4 is 15.4 Å². The van der Waals surface area contributed by atoms with Crippen LogP contribution in [-0.4, -0.2) is 39.3 Å². The van der Waals surface area contributed by atoms with E-state index in [-0.39, 0.29) is 12.0 Å². The second-order valence-electron chi connectivity index (χ2n) is 3.50. The number of rotatable bonds is 6. The van der Waals surface area contributed by atoms with Crippen LogP contribution in [0.15, 0.2) is 11.9 Å². The third kappa shape index (κ3) is 3.70. The van der Waals surface area contributed by atoms with E-state index in [2.05, 4.69) is 0 Å². The van der Waals surface area contributed by atoms with Gasteiger partial charge in [-0.2, -0.15) is 0 Å². The molecule has 1 aliphatic rings. The molecule has 0 fully saturated rings. The Bertz CT molecular complexity index is 300. The quantitative estimate of drug-likeness (QED) is 0.528. The van der Waals surface area contributed by atoms with Crippen molar-refractivity contribution in [3.05, 3.63) is 11.9 Å². The Labute approximate surface area is 96.1 Å². The van der Waals surface area contributed by atoms with Gasteiger partial charge in [-0.05, 0) is 19.9 Å². The highest BCUT2D eigenvalue weighted by atomic mass is 31.2. The standard InChI is InChI=1S/C9H17BFO4P/c1-3-13-16(12,14-4-2)6-7-5-8(11)9(10)15-7/h5,7,9H,3-4,6,10H2,1-2H3. The third-order valence-corrected chi connectivity index (χ3v) is 4.28. The summed E-state index contributed by atoms with van der Waals surface area (Å²) in [6.45, 7) is 4.07. The SMILES string of the molecule is BC1OC(CP(=O)(OCC)OCC)C=C1F. The molecule has 0 amide bonds. The van der Waals surface area contributed by atoms with Crippen molar-refractivity contribution in [1.29, 1.82) is 0 Å². The maximum Gasteiger partial charge on any atom is 0.333 e. The third-order valence-electron chi connectivity index (χ3n) is 2.17. The van der Waals surface area contributed by atoms with E-state index in [1.54, 1.807) is 21.7 Å². The van der Waals surface area contributed by atoms with Gasteiger partial charge in [-0.25, -0.2) is 4.39 Å². The molecule has 0 saturated heterocycles. The zero-order valence-corrected chi connectivity index (χ0v) is 10.7. The molecule has 0 aromatic carbocycles. The Morgan fingerprint density at radius 1 is 1.50 bits per heavy atom. The molecule has 0 aromatic rings. The van der Waals surface area contributed by atoms with E-state index in [1.165, 1.54) is 6.08 Å². The van der Waals surface area contributed by atoms with Crippen molar-refractivity contribution < 1.29 is 22.7 Å². The minimum atomic E-state index is -3.16. The normalized spacial score (nSPS) is 25.8. The zero-order chi connectivity index (χ0) is 12.2. The second kappa shape index (κ2) is 5.96. The molecule has 4 nitrogen and oxygen atoms in total. The molecule has 1 aliphatic heterocycles. The van der Waals surface area contributed by atoms with Gasteiger partial charge < -0.3 is 13.8 Å². The average Bonchev–Trinajstić information content (AvgIpc) is 2.45. The molecule has 0 radical (unpaired) electrons. The summed E-state index contributed by atoms with van der Waals surface area (Å²) in [6, 6.07) is -0.568. The fourth-order valence-corrected chi connectivity index (χ4v) is 3.24. The van der Waals surface area contributed by atoms with Gasteiger partial charge in [-0.15, -0.1) is 0 Å². The molecule has 0 N–H and O–H groups in total. The second-order valence-corrected chi connectivity index (χ2v) is 5.60. The van der Waals surface area contributed by atoms with Crippen LogP contribution in [0.5, 0.6) is 0 Å². The molecule has 0 aliphatic carbocycles. The molecule has 2 unspecified atom stereocenters. The first-order valence-electron chi connectivity index (χ1n) is 5.41. The van der Waals surface area contributed by atoms with Crippen LogP contribution in [-0.2, 0) is 18.3 Å². The van der Waals surface area contributed by atoms with E-state index in [0.29, 0.717) is 13.2 Å². The van der Waals surface area contributed by atoms with Crippen LogP contribution in [0.1, 0.15) is 13.8 Å². The van der Waals surface area contributed by atoms with Crippen LogP contribution in [0, 0.1) is 0 Å². The smallest absolute Gasteiger partial charge is 0.333 e. The molecule has 16 heavy (non-hydrogen) atoms. The van der Waals surface area contributed by atoms with Crippen LogP contribution in [0.3, 0.4) is 0 Å². The molecule has 0 saturated carbocycles. The summed E-state index contributed by atoms with van der Waals surface area (Å²) in [7, 11) is -1.55. The molecular formula is C9H17BFO4P. The van der Waals surface area contributed by atoms with Crippen molar-refractivity contribution in [1.82, 2.24) is 0 Å². The van der Waals surface area contributed by atoms with E-state index in [0.717, 1.165) is 0 Å². The summed E-state index contributed by atoms with van der Waals surface area (Å²) in [5.41, 5.74) is 0. The van der Waals surface area contributed by atoms with Crippen molar-refractivity contribution in [2.45, 2.75) is 26.0 Å². The lowest BCUT2D eigenvalue weighted by Crippen LogP contribution is -2.18. The van der Waals surface area contributed by atoms with Crippen molar-refractivity contribution in [2.75, 3.05) is 19.4 Å². The molecule has 0 spiro atoms. The summed E-state index contributed by atoms with van der Waals surface area (Å²) in [4.78, 5) is 0. The lowest BCUT2D eigenvalue weighted by molar-refractivity contribution is 0.100. The molecule has 7 heteroatoms. The van der Waals surface area contributed by atoms with E-state index >= 15 is 0 Å². The highest BCUT2D eigenvalue weighted by molar-refractivity contribution is 7.53. The minimum absolute atomic E-state index is 0.0619. The van der Waals surface area contributed by atoms with E-state index in [1.807, 2.05) is 0 Å². The van der Waals surface area contributed by atoms with Gasteiger partial charge in [-0.1, -0.05) is 0 Å². The Kier molecular flexibility index (Phi) is 5.18. The van der Waals surface area contributed by atoms with E-state index in [9.17, 15) is 8.96 Å². The number of hydrogen-bond acceptors (Lipinski definition) is 4. The maximum absolute atomic E-state index is 13.1. The number of hydrogen-bond donors (Lipinski definition) is 0. The van der Waals surface area contributed by atoms with Crippen molar-refractivity contribution in [3.8, 4) is 0 Å². The molecular weight excluding hydrogens is 233 g/mol. The van der Waals surface area contributed by atoms with Gasteiger partial charge >= 0.3 is 7.60 Å². The maximum atomic E-state index is 13.1. The van der Waals surface area contributed by atoms with Crippen LogP contribution < -0.4 is 0 Å². The van der Waals surface area contributed by atoms with Gasteiger partial charge in [0.15, 0.2) is 0 Å². The van der Waals surface area contributed by atoms with Crippen molar-refractivity contribution in [2.24, 2.45) is 0 Å². The first-order chi connectivity index (χ1) is 7.50. The molecule has 0 bridgehead atoms. The Morgan fingerprint density at radius 3 is 2.44 bits per heavy atom. The lowest BCUT2D eigenvalue weighted by Gasteiger charge is -2.19. The summed E-state index contributed by atoms with van der Waals surface area (Å²) in [5.74, 6) is -0.329. The average molecular weight is 250 g/mol. The van der Waals surface area contributed by atoms with Crippen LogP contribution in [0.4, 0.5) is 4.39 Å². The van der Waals surface area contributed by atoms with E-state index in [4.69, 9.17) is 13.8 Å². The predicted molar refractivity (Wildman–Crippen MR) is 62.1 cm³/mol. The summed E-state index contributed by atoms with van der Waals surface area (Å²) in [5, 5.41) is 0. The first-order valence-corrected chi connectivity index (χ1v) is 7.14. The van der Waals surface area contributed by atoms with Crippen LogP contribution in [0.25, 0.3) is 0 Å². The fraction of sp³-hybridized carbons (Fsp3) is 0.778. The zero-order valence-electron chi connectivity index (χ0n) is 9.81. The molecule has 2 atom stereocenters. The highest BCUT2D eigenvalue weighted by Crippen LogP contribution is 2.49. The Hall–Kier alpha value is -0.155. The van der Waals surface area contributed by atoms with Gasteiger partial charge in [0.2, 0.25) is 0 Å². The van der Waals surface area contributed by atoms with Gasteiger partial charge in [0, 0.05) is 0 Å². The fourth-order valence-electron chi connectivity index (χ4n) is 1.53. The topological polar surface area (TPSA) is 44.8 Å². The molecule has 92 valence electrons. The molecule has 1 heterocycles. The Morgan fingerprint density at radius 2 is 2.06 bits per heavy atom. The van der Waals surface area contributed by atoms with Crippen LogP contribution >= 0.6 is 7.60 Å². The van der Waals surface area contributed by atoms with Crippen molar-refractivity contribution in [3.63, 3.8) is 0 Å². The monoisotopic (exact) mass is 250 g/mol. The highest BCUT2D eigenvalue weighted by Gasteiger charge is 2.33. The minimum Gasteiger partial charge on any atom is -0.372 e. The lowest BCUT2D eigenvalue weighted by atomic mass is 10.0. The van der Waals surface area contributed by atoms with Gasteiger partial charge in [0.1, 0.15) is 13.7 Å². The molecule has 1 rings (SSSR count).